The third kappa shape index (κ3) is 8.85. The summed E-state index contributed by atoms with van der Waals surface area (Å²) in [6, 6.07) is 6.78. The fourth-order valence-electron chi connectivity index (χ4n) is 3.42. The van der Waals surface area contributed by atoms with Gasteiger partial charge in [-0.1, -0.05) is 25.5 Å². The molecule has 0 radical (unpaired) electrons. The highest BCUT2D eigenvalue weighted by molar-refractivity contribution is 5.98. The fourth-order valence-corrected chi connectivity index (χ4v) is 3.42. The normalized spacial score (nSPS) is 12.1. The summed E-state index contributed by atoms with van der Waals surface area (Å²) < 4.78 is 55.0. The molecule has 0 aromatic heterocycles. The van der Waals surface area contributed by atoms with Crippen LogP contribution in [0.4, 0.5) is 13.2 Å². The Kier molecular flexibility index (Phi) is 11.0. The van der Waals surface area contributed by atoms with Crippen LogP contribution in [0.3, 0.4) is 0 Å². The number of carbonyl (C=O) groups is 2. The van der Waals surface area contributed by atoms with Gasteiger partial charge in [0, 0.05) is 18.7 Å². The van der Waals surface area contributed by atoms with Crippen LogP contribution < -0.4 is 24.8 Å². The monoisotopic (exact) mass is 525 g/mol. The van der Waals surface area contributed by atoms with Crippen LogP contribution in [0.15, 0.2) is 36.4 Å². The molecule has 2 aromatic rings. The molecule has 2 aromatic carbocycles. The van der Waals surface area contributed by atoms with Gasteiger partial charge in [-0.25, -0.2) is 0 Å². The Bertz CT molecular complexity index is 1020. The van der Waals surface area contributed by atoms with E-state index in [9.17, 15) is 22.8 Å². The number of hydrogen-bond donors (Lipinski definition) is 2. The highest BCUT2D eigenvalue weighted by Gasteiger charge is 2.30. The van der Waals surface area contributed by atoms with Crippen LogP contribution in [0.2, 0.25) is 0 Å². The molecule has 0 fully saturated rings. The molecular weight excluding hydrogens is 491 g/mol. The predicted octanol–water partition coefficient (Wildman–Crippen LogP) is 3.88. The number of benzene rings is 2. The van der Waals surface area contributed by atoms with Gasteiger partial charge in [0.25, 0.3) is 5.91 Å². The summed E-state index contributed by atoms with van der Waals surface area (Å²) in [5.74, 6) is -0.190. The van der Waals surface area contributed by atoms with Gasteiger partial charge in [-0.3, -0.25) is 9.59 Å². The number of alkyl halides is 3. The van der Waals surface area contributed by atoms with E-state index in [-0.39, 0.29) is 35.3 Å². The van der Waals surface area contributed by atoms with E-state index in [0.717, 1.165) is 12.1 Å². The lowest BCUT2D eigenvalue weighted by molar-refractivity contribution is -0.137. The van der Waals surface area contributed by atoms with Gasteiger partial charge in [0.15, 0.2) is 11.5 Å². The van der Waals surface area contributed by atoms with E-state index in [0.29, 0.717) is 31.5 Å². The van der Waals surface area contributed by atoms with Crippen molar-refractivity contribution < 1.29 is 37.0 Å². The van der Waals surface area contributed by atoms with Crippen molar-refractivity contribution in [2.24, 2.45) is 0 Å². The van der Waals surface area contributed by atoms with Gasteiger partial charge in [-0.15, -0.1) is 0 Å². The van der Waals surface area contributed by atoms with Gasteiger partial charge in [-0.05, 0) is 50.3 Å². The van der Waals surface area contributed by atoms with Crippen molar-refractivity contribution in [2.45, 2.75) is 38.6 Å². The van der Waals surface area contributed by atoms with E-state index >= 15 is 0 Å². The minimum absolute atomic E-state index is 0.0535. The Balaban J connectivity index is 2.17. The summed E-state index contributed by atoms with van der Waals surface area (Å²) in [5.41, 5.74) is -0.0612. The second kappa shape index (κ2) is 13.7. The fraction of sp³-hybridized carbons (Fsp3) is 0.462. The van der Waals surface area contributed by atoms with Crippen LogP contribution in [-0.4, -0.2) is 64.2 Å². The van der Waals surface area contributed by atoms with Crippen molar-refractivity contribution in [3.05, 3.63) is 53.1 Å². The minimum Gasteiger partial charge on any atom is -0.493 e. The zero-order valence-electron chi connectivity index (χ0n) is 21.7. The summed E-state index contributed by atoms with van der Waals surface area (Å²) in [6.45, 7) is 2.98. The van der Waals surface area contributed by atoms with Gasteiger partial charge >= 0.3 is 6.18 Å². The molecule has 0 bridgehead atoms. The molecule has 37 heavy (non-hydrogen) atoms. The van der Waals surface area contributed by atoms with Crippen molar-refractivity contribution in [2.75, 3.05) is 41.4 Å². The molecule has 2 rings (SSSR count). The molecule has 0 unspecified atom stereocenters. The number of likely N-dealkylation sites (N-methyl/N-ethyl adjacent to an activating group) is 1. The number of methoxy groups -OCH3 is 2. The van der Waals surface area contributed by atoms with Gasteiger partial charge in [0.05, 0.1) is 19.8 Å². The molecule has 204 valence electrons. The van der Waals surface area contributed by atoms with Crippen molar-refractivity contribution in [1.82, 2.24) is 15.5 Å². The Labute approximate surface area is 215 Å². The predicted molar refractivity (Wildman–Crippen MR) is 133 cm³/mol. The summed E-state index contributed by atoms with van der Waals surface area (Å²) in [7, 11) is 6.57. The van der Waals surface area contributed by atoms with E-state index < -0.39 is 23.7 Å². The second-order valence-electron chi connectivity index (χ2n) is 8.60. The highest BCUT2D eigenvalue weighted by Crippen LogP contribution is 2.39. The summed E-state index contributed by atoms with van der Waals surface area (Å²) in [5, 5.41) is 5.59. The first-order valence-corrected chi connectivity index (χ1v) is 11.8. The van der Waals surface area contributed by atoms with Crippen LogP contribution >= 0.6 is 0 Å². The Morgan fingerprint density at radius 1 is 1.03 bits per heavy atom. The number of hydrogen-bond acceptors (Lipinski definition) is 6. The number of halogens is 3. The van der Waals surface area contributed by atoms with Crippen LogP contribution in [0, 0.1) is 0 Å². The standard InChI is InChI=1S/C26H34F3N3O5/c1-6-7-20(25(34)30-12-13-32(2)3)31-24(33)18-14-21(35-4)23(22(15-18)36-5)37-16-17-8-10-19(11-9-17)26(27,28)29/h8-11,14-15,20H,6-7,12-13,16H2,1-5H3,(H,30,34)(H,31,33)/t20-/m0/s1. The first-order valence-electron chi connectivity index (χ1n) is 11.8. The van der Waals surface area contributed by atoms with Crippen molar-refractivity contribution in [3.63, 3.8) is 0 Å². The van der Waals surface area contributed by atoms with E-state index in [1.165, 1.54) is 38.5 Å². The van der Waals surface area contributed by atoms with Crippen LogP contribution in [-0.2, 0) is 17.6 Å². The van der Waals surface area contributed by atoms with Crippen LogP contribution in [0.5, 0.6) is 17.2 Å². The molecule has 0 spiro atoms. The van der Waals surface area contributed by atoms with E-state index in [4.69, 9.17) is 14.2 Å². The van der Waals surface area contributed by atoms with Crippen LogP contribution in [0.25, 0.3) is 0 Å². The SMILES string of the molecule is CCC[C@H](NC(=O)c1cc(OC)c(OCc2ccc(C(F)(F)F)cc2)c(OC)c1)C(=O)NCCN(C)C. The summed E-state index contributed by atoms with van der Waals surface area (Å²) in [4.78, 5) is 27.6. The van der Waals surface area contributed by atoms with Crippen molar-refractivity contribution in [3.8, 4) is 17.2 Å². The Morgan fingerprint density at radius 3 is 2.11 bits per heavy atom. The first kappa shape index (κ1) is 29.8. The average Bonchev–Trinajstić information content (AvgIpc) is 2.85. The number of rotatable bonds is 13. The minimum atomic E-state index is -4.43. The molecule has 0 saturated carbocycles. The first-order chi connectivity index (χ1) is 17.5. The summed E-state index contributed by atoms with van der Waals surface area (Å²) >= 11 is 0. The topological polar surface area (TPSA) is 89.1 Å². The largest absolute Gasteiger partial charge is 0.493 e. The number of nitrogens with zero attached hydrogens (tertiary/aromatic N) is 1. The molecule has 2 N–H and O–H groups in total. The molecule has 0 aliphatic heterocycles. The number of ether oxygens (including phenoxy) is 3. The van der Waals surface area contributed by atoms with E-state index in [1.54, 1.807) is 0 Å². The maximum atomic E-state index is 13.0. The van der Waals surface area contributed by atoms with Gasteiger partial charge in [0.1, 0.15) is 12.6 Å². The number of amides is 2. The van der Waals surface area contributed by atoms with Gasteiger partial charge in [0.2, 0.25) is 11.7 Å². The maximum absolute atomic E-state index is 13.0. The molecule has 11 heteroatoms. The lowest BCUT2D eigenvalue weighted by atomic mass is 10.1. The number of nitrogens with one attached hydrogen (secondary N) is 2. The Hall–Kier alpha value is -3.47. The highest BCUT2D eigenvalue weighted by atomic mass is 19.4. The average molecular weight is 526 g/mol. The molecule has 8 nitrogen and oxygen atoms in total. The smallest absolute Gasteiger partial charge is 0.416 e. The molecule has 0 heterocycles. The molecule has 0 aliphatic rings. The Morgan fingerprint density at radius 2 is 1.62 bits per heavy atom. The zero-order chi connectivity index (χ0) is 27.6. The molecule has 2 amide bonds. The molecule has 1 atom stereocenters. The molecule has 0 saturated heterocycles. The quantitative estimate of drug-likeness (QED) is 0.413. The zero-order valence-corrected chi connectivity index (χ0v) is 21.7. The van der Waals surface area contributed by atoms with Gasteiger partial charge < -0.3 is 29.7 Å². The lowest BCUT2D eigenvalue weighted by Gasteiger charge is -2.20. The van der Waals surface area contributed by atoms with Crippen LogP contribution in [0.1, 0.15) is 41.3 Å². The van der Waals surface area contributed by atoms with Crippen molar-refractivity contribution >= 4 is 11.8 Å². The lowest BCUT2D eigenvalue weighted by Crippen LogP contribution is -2.47. The number of carbonyl (C=O) groups excluding carboxylic acids is 2. The van der Waals surface area contributed by atoms with Crippen molar-refractivity contribution in [1.29, 1.82) is 0 Å². The summed E-state index contributed by atoms with van der Waals surface area (Å²) in [6.07, 6.45) is -3.27. The second-order valence-corrected chi connectivity index (χ2v) is 8.60. The maximum Gasteiger partial charge on any atom is 0.416 e. The molecule has 0 aliphatic carbocycles. The third-order valence-corrected chi connectivity index (χ3v) is 5.44. The van der Waals surface area contributed by atoms with E-state index in [1.807, 2.05) is 25.9 Å². The third-order valence-electron chi connectivity index (χ3n) is 5.44. The van der Waals surface area contributed by atoms with Gasteiger partial charge in [-0.2, -0.15) is 13.2 Å². The van der Waals surface area contributed by atoms with E-state index in [2.05, 4.69) is 10.6 Å². The molecular formula is C26H34F3N3O5.